The smallest absolute Gasteiger partial charge is 0.261 e. The Hall–Kier alpha value is -2.22. The molecule has 0 aliphatic heterocycles. The minimum Gasteiger partial charge on any atom is -0.346 e. The van der Waals surface area contributed by atoms with Crippen molar-refractivity contribution >= 4 is 51.1 Å². The van der Waals surface area contributed by atoms with Gasteiger partial charge >= 0.3 is 0 Å². The first kappa shape index (κ1) is 18.6. The van der Waals surface area contributed by atoms with E-state index in [1.54, 1.807) is 24.3 Å². The molecule has 4 nitrogen and oxygen atoms in total. The standard InChI is InChI=1S/C18H14ClFN2O2S2/c1-10-7-15(22-17(23)13-5-4-11(20)8-14(13)19)26-16(10)18(24)21-9-12-3-2-6-25-12/h2-8H,9H2,1H3,(H,21,24)(H,22,23). The highest BCUT2D eigenvalue weighted by Gasteiger charge is 2.17. The second kappa shape index (κ2) is 7.99. The number of rotatable bonds is 5. The Morgan fingerprint density at radius 1 is 1.19 bits per heavy atom. The second-order valence-corrected chi connectivity index (χ2v) is 7.95. The third-order valence-corrected chi connectivity index (χ3v) is 5.88. The molecule has 0 radical (unpaired) electrons. The maximum atomic E-state index is 13.1. The summed E-state index contributed by atoms with van der Waals surface area (Å²) in [4.78, 5) is 26.2. The molecule has 2 aromatic heterocycles. The predicted octanol–water partition coefficient (Wildman–Crippen LogP) is 5.09. The highest BCUT2D eigenvalue weighted by atomic mass is 35.5. The Morgan fingerprint density at radius 2 is 2.00 bits per heavy atom. The monoisotopic (exact) mass is 408 g/mol. The van der Waals surface area contributed by atoms with Crippen molar-refractivity contribution in [3.8, 4) is 0 Å². The fourth-order valence-electron chi connectivity index (χ4n) is 2.28. The number of hydrogen-bond acceptors (Lipinski definition) is 4. The quantitative estimate of drug-likeness (QED) is 0.617. The largest absolute Gasteiger partial charge is 0.346 e. The van der Waals surface area contributed by atoms with E-state index in [-0.39, 0.29) is 16.5 Å². The number of nitrogens with one attached hydrogen (secondary N) is 2. The van der Waals surface area contributed by atoms with Crippen molar-refractivity contribution in [3.05, 3.63) is 73.5 Å². The van der Waals surface area contributed by atoms with E-state index in [2.05, 4.69) is 10.6 Å². The summed E-state index contributed by atoms with van der Waals surface area (Å²) in [5, 5.41) is 8.07. The maximum Gasteiger partial charge on any atom is 0.261 e. The highest BCUT2D eigenvalue weighted by Crippen LogP contribution is 2.28. The van der Waals surface area contributed by atoms with E-state index in [0.717, 1.165) is 16.5 Å². The van der Waals surface area contributed by atoms with E-state index in [1.165, 1.54) is 23.5 Å². The summed E-state index contributed by atoms with van der Waals surface area (Å²) in [5.74, 6) is -1.16. The van der Waals surface area contributed by atoms with Gasteiger partial charge in [0.05, 0.1) is 27.0 Å². The first-order chi connectivity index (χ1) is 12.4. The lowest BCUT2D eigenvalue weighted by Crippen LogP contribution is -2.21. The van der Waals surface area contributed by atoms with Crippen LogP contribution in [0.1, 0.15) is 30.5 Å². The molecule has 8 heteroatoms. The van der Waals surface area contributed by atoms with E-state index in [0.29, 0.717) is 16.4 Å². The number of hydrogen-bond donors (Lipinski definition) is 2. The molecule has 0 atom stereocenters. The van der Waals surface area contributed by atoms with Crippen LogP contribution in [-0.2, 0) is 6.54 Å². The average Bonchev–Trinajstić information content (AvgIpc) is 3.22. The van der Waals surface area contributed by atoms with Gasteiger partial charge in [0.2, 0.25) is 0 Å². The van der Waals surface area contributed by atoms with Gasteiger partial charge in [-0.3, -0.25) is 9.59 Å². The minimum absolute atomic E-state index is 0.0321. The third kappa shape index (κ3) is 4.30. The van der Waals surface area contributed by atoms with Gasteiger partial charge in [-0.05, 0) is 48.2 Å². The summed E-state index contributed by atoms with van der Waals surface area (Å²) in [5.41, 5.74) is 0.932. The van der Waals surface area contributed by atoms with Crippen LogP contribution in [0.5, 0.6) is 0 Å². The number of carbonyl (C=O) groups excluding carboxylic acids is 2. The molecule has 0 saturated heterocycles. The molecule has 0 bridgehead atoms. The fourth-order valence-corrected chi connectivity index (χ4v) is 4.16. The highest BCUT2D eigenvalue weighted by molar-refractivity contribution is 7.18. The zero-order valence-corrected chi connectivity index (χ0v) is 16.0. The van der Waals surface area contributed by atoms with Crippen molar-refractivity contribution in [2.45, 2.75) is 13.5 Å². The van der Waals surface area contributed by atoms with Crippen LogP contribution in [0.15, 0.2) is 41.8 Å². The summed E-state index contributed by atoms with van der Waals surface area (Å²) >= 11 is 8.66. The van der Waals surface area contributed by atoms with Crippen molar-refractivity contribution in [3.63, 3.8) is 0 Å². The predicted molar refractivity (Wildman–Crippen MR) is 104 cm³/mol. The zero-order valence-electron chi connectivity index (χ0n) is 13.6. The van der Waals surface area contributed by atoms with Gasteiger partial charge in [-0.1, -0.05) is 17.7 Å². The number of thiophene rings is 2. The van der Waals surface area contributed by atoms with Gasteiger partial charge < -0.3 is 10.6 Å². The molecule has 2 amide bonds. The van der Waals surface area contributed by atoms with E-state index in [4.69, 9.17) is 11.6 Å². The normalized spacial score (nSPS) is 10.6. The Morgan fingerprint density at radius 3 is 2.69 bits per heavy atom. The Balaban J connectivity index is 1.69. The van der Waals surface area contributed by atoms with E-state index < -0.39 is 11.7 Å². The molecule has 0 aliphatic rings. The Bertz CT molecular complexity index is 954. The van der Waals surface area contributed by atoms with Gasteiger partial charge in [0.15, 0.2) is 0 Å². The molecule has 0 unspecified atom stereocenters. The molecular weight excluding hydrogens is 395 g/mol. The molecule has 0 saturated carbocycles. The van der Waals surface area contributed by atoms with E-state index >= 15 is 0 Å². The third-order valence-electron chi connectivity index (χ3n) is 3.54. The molecule has 0 spiro atoms. The van der Waals surface area contributed by atoms with Crippen LogP contribution in [-0.4, -0.2) is 11.8 Å². The van der Waals surface area contributed by atoms with Crippen LogP contribution in [0.2, 0.25) is 5.02 Å². The topological polar surface area (TPSA) is 58.2 Å². The van der Waals surface area contributed by atoms with Crippen molar-refractivity contribution in [1.29, 1.82) is 0 Å². The van der Waals surface area contributed by atoms with Crippen LogP contribution in [0, 0.1) is 12.7 Å². The zero-order chi connectivity index (χ0) is 18.7. The van der Waals surface area contributed by atoms with Crippen LogP contribution < -0.4 is 10.6 Å². The molecule has 3 rings (SSSR count). The number of anilines is 1. The summed E-state index contributed by atoms with van der Waals surface area (Å²) < 4.78 is 13.1. The van der Waals surface area contributed by atoms with Crippen LogP contribution >= 0.6 is 34.3 Å². The number of amides is 2. The summed E-state index contributed by atoms with van der Waals surface area (Å²) in [7, 11) is 0. The van der Waals surface area contributed by atoms with E-state index in [9.17, 15) is 14.0 Å². The number of carbonyl (C=O) groups is 2. The van der Waals surface area contributed by atoms with Crippen molar-refractivity contribution in [2.24, 2.45) is 0 Å². The molecule has 1 aromatic carbocycles. The summed E-state index contributed by atoms with van der Waals surface area (Å²) in [6.07, 6.45) is 0. The van der Waals surface area contributed by atoms with Gasteiger partial charge in [0.1, 0.15) is 5.82 Å². The lowest BCUT2D eigenvalue weighted by molar-refractivity contribution is 0.0953. The second-order valence-electron chi connectivity index (χ2n) is 5.46. The molecule has 0 aliphatic carbocycles. The Labute approximate surface area is 162 Å². The summed E-state index contributed by atoms with van der Waals surface area (Å²) in [6, 6.07) is 9.17. The number of benzene rings is 1. The number of aryl methyl sites for hydroxylation is 1. The molecular formula is C18H14ClFN2O2S2. The van der Waals surface area contributed by atoms with Gasteiger partial charge in [0.25, 0.3) is 11.8 Å². The maximum absolute atomic E-state index is 13.1. The molecule has 134 valence electrons. The van der Waals surface area contributed by atoms with Gasteiger partial charge in [-0.15, -0.1) is 22.7 Å². The van der Waals surface area contributed by atoms with Crippen molar-refractivity contribution in [2.75, 3.05) is 5.32 Å². The molecule has 2 heterocycles. The van der Waals surface area contributed by atoms with Gasteiger partial charge in [0, 0.05) is 4.88 Å². The lowest BCUT2D eigenvalue weighted by Gasteiger charge is -2.04. The first-order valence-corrected chi connectivity index (χ1v) is 9.69. The van der Waals surface area contributed by atoms with E-state index in [1.807, 2.05) is 17.5 Å². The molecule has 3 aromatic rings. The van der Waals surface area contributed by atoms with Crippen LogP contribution in [0.25, 0.3) is 0 Å². The van der Waals surface area contributed by atoms with Gasteiger partial charge in [-0.25, -0.2) is 4.39 Å². The van der Waals surface area contributed by atoms with Gasteiger partial charge in [-0.2, -0.15) is 0 Å². The SMILES string of the molecule is Cc1cc(NC(=O)c2ccc(F)cc2Cl)sc1C(=O)NCc1cccs1. The Kier molecular flexibility index (Phi) is 5.70. The fraction of sp³-hybridized carbons (Fsp3) is 0.111. The first-order valence-electron chi connectivity index (χ1n) is 7.61. The molecule has 26 heavy (non-hydrogen) atoms. The van der Waals surface area contributed by atoms with Crippen molar-refractivity contribution < 1.29 is 14.0 Å². The van der Waals surface area contributed by atoms with Crippen LogP contribution in [0.4, 0.5) is 9.39 Å². The number of halogens is 2. The average molecular weight is 409 g/mol. The molecule has 2 N–H and O–H groups in total. The minimum atomic E-state index is -0.511. The lowest BCUT2D eigenvalue weighted by atomic mass is 10.2. The van der Waals surface area contributed by atoms with Crippen molar-refractivity contribution in [1.82, 2.24) is 5.32 Å². The van der Waals surface area contributed by atoms with Crippen LogP contribution in [0.3, 0.4) is 0 Å². The summed E-state index contributed by atoms with van der Waals surface area (Å²) in [6.45, 7) is 2.26. The molecule has 0 fully saturated rings.